The van der Waals surface area contributed by atoms with E-state index in [0.29, 0.717) is 12.8 Å². The molecule has 0 aromatic heterocycles. The van der Waals surface area contributed by atoms with Crippen molar-refractivity contribution < 1.29 is 29.1 Å². The van der Waals surface area contributed by atoms with E-state index in [0.717, 1.165) is 0 Å². The Morgan fingerprint density at radius 2 is 1.43 bits per heavy atom. The van der Waals surface area contributed by atoms with Crippen LogP contribution >= 0.6 is 0 Å². The Morgan fingerprint density at radius 1 is 0.900 bits per heavy atom. The Morgan fingerprint density at radius 3 is 1.90 bits per heavy atom. The lowest BCUT2D eigenvalue weighted by Gasteiger charge is -2.25. The zero-order valence-electron chi connectivity index (χ0n) is 18.1. The van der Waals surface area contributed by atoms with Gasteiger partial charge in [-0.3, -0.25) is 19.2 Å². The predicted molar refractivity (Wildman–Crippen MR) is 110 cm³/mol. The van der Waals surface area contributed by atoms with Crippen LogP contribution < -0.4 is 27.4 Å². The van der Waals surface area contributed by atoms with Gasteiger partial charge in [0, 0.05) is 6.42 Å². The summed E-state index contributed by atoms with van der Waals surface area (Å²) in [6.07, 6.45) is 1.11. The summed E-state index contributed by atoms with van der Waals surface area (Å²) >= 11 is 0. The summed E-state index contributed by atoms with van der Waals surface area (Å²) in [6, 6.07) is -3.01. The number of aliphatic carboxylic acids is 1. The van der Waals surface area contributed by atoms with Crippen LogP contribution in [0.3, 0.4) is 0 Å². The van der Waals surface area contributed by atoms with Crippen molar-refractivity contribution in [3.63, 3.8) is 0 Å². The highest BCUT2D eigenvalue weighted by molar-refractivity contribution is 5.92. The van der Waals surface area contributed by atoms with Gasteiger partial charge in [0.1, 0.15) is 12.1 Å². The van der Waals surface area contributed by atoms with Crippen LogP contribution in [0, 0.1) is 11.8 Å². The highest BCUT2D eigenvalue weighted by Gasteiger charge is 2.29. The van der Waals surface area contributed by atoms with Crippen LogP contribution in [0.2, 0.25) is 0 Å². The molecule has 11 nitrogen and oxygen atoms in total. The monoisotopic (exact) mass is 429 g/mol. The molecule has 0 rings (SSSR count). The highest BCUT2D eigenvalue weighted by atomic mass is 16.4. The lowest BCUT2D eigenvalue weighted by Crippen LogP contribution is -2.56. The van der Waals surface area contributed by atoms with Crippen molar-refractivity contribution in [1.82, 2.24) is 16.0 Å². The highest BCUT2D eigenvalue weighted by Crippen LogP contribution is 2.09. The van der Waals surface area contributed by atoms with Gasteiger partial charge in [-0.05, 0) is 18.3 Å². The lowest BCUT2D eigenvalue weighted by atomic mass is 9.97. The van der Waals surface area contributed by atoms with Gasteiger partial charge in [0.15, 0.2) is 0 Å². The molecule has 5 atom stereocenters. The summed E-state index contributed by atoms with van der Waals surface area (Å²) < 4.78 is 0. The van der Waals surface area contributed by atoms with Gasteiger partial charge in [-0.25, -0.2) is 4.79 Å². The van der Waals surface area contributed by atoms with Gasteiger partial charge < -0.3 is 32.5 Å². The van der Waals surface area contributed by atoms with Crippen LogP contribution in [-0.2, 0) is 24.0 Å². The molecular formula is C19H35N5O6. The van der Waals surface area contributed by atoms with Gasteiger partial charge >= 0.3 is 5.97 Å². The van der Waals surface area contributed by atoms with E-state index in [9.17, 15) is 29.1 Å². The third-order valence-electron chi connectivity index (χ3n) is 5.05. The molecule has 30 heavy (non-hydrogen) atoms. The average Bonchev–Trinajstić information content (AvgIpc) is 2.70. The fourth-order valence-corrected chi connectivity index (χ4v) is 2.58. The van der Waals surface area contributed by atoms with Crippen LogP contribution in [0.5, 0.6) is 0 Å². The van der Waals surface area contributed by atoms with Crippen molar-refractivity contribution in [1.29, 1.82) is 0 Å². The Labute approximate surface area is 176 Å². The first-order valence-corrected chi connectivity index (χ1v) is 10.1. The smallest absolute Gasteiger partial charge is 0.326 e. The second kappa shape index (κ2) is 13.5. The number of hydrogen-bond acceptors (Lipinski definition) is 6. The van der Waals surface area contributed by atoms with Crippen LogP contribution in [0.1, 0.15) is 53.4 Å². The molecule has 0 aromatic rings. The molecule has 0 aromatic carbocycles. The van der Waals surface area contributed by atoms with Gasteiger partial charge in [0.25, 0.3) is 0 Å². The second-order valence-corrected chi connectivity index (χ2v) is 7.47. The van der Waals surface area contributed by atoms with E-state index < -0.39 is 54.3 Å². The molecule has 0 heterocycles. The standard InChI is InChI=1S/C19H35N5O6/c1-5-10(3)15(24-17(27)12(20)7-8-13(21)25)18(28)22-9-14(26)23-16(19(29)30)11(4)6-2/h10-12,15-16H,5-9,20H2,1-4H3,(H2,21,25)(H,22,28)(H,23,26)(H,24,27)(H,29,30)/t10-,11-,12-,15-,16-/m0/s1. The largest absolute Gasteiger partial charge is 0.480 e. The van der Waals surface area contributed by atoms with E-state index in [1.807, 2.05) is 13.8 Å². The fourth-order valence-electron chi connectivity index (χ4n) is 2.58. The minimum absolute atomic E-state index is 0.0462. The Bertz CT molecular complexity index is 627. The second-order valence-electron chi connectivity index (χ2n) is 7.47. The average molecular weight is 430 g/mol. The number of amides is 4. The molecule has 11 heteroatoms. The van der Waals surface area contributed by atoms with E-state index in [1.165, 1.54) is 0 Å². The number of carboxylic acid groups (broad SMARTS) is 1. The molecule has 0 unspecified atom stereocenters. The van der Waals surface area contributed by atoms with Crippen LogP contribution in [0.25, 0.3) is 0 Å². The first-order chi connectivity index (χ1) is 13.9. The topological polar surface area (TPSA) is 194 Å². The van der Waals surface area contributed by atoms with Crippen LogP contribution in [0.15, 0.2) is 0 Å². The zero-order valence-corrected chi connectivity index (χ0v) is 18.1. The van der Waals surface area contributed by atoms with Gasteiger partial charge in [-0.1, -0.05) is 40.5 Å². The molecule has 0 aliphatic carbocycles. The normalized spacial score (nSPS) is 15.8. The number of nitrogens with one attached hydrogen (secondary N) is 3. The number of carbonyl (C=O) groups excluding carboxylic acids is 4. The van der Waals surface area contributed by atoms with Crippen molar-refractivity contribution >= 4 is 29.6 Å². The van der Waals surface area contributed by atoms with Crippen LogP contribution in [0.4, 0.5) is 0 Å². The predicted octanol–water partition coefficient (Wildman–Crippen LogP) is -1.16. The quantitative estimate of drug-likeness (QED) is 0.200. The Hall–Kier alpha value is -2.69. The molecule has 0 aliphatic heterocycles. The summed E-state index contributed by atoms with van der Waals surface area (Å²) in [7, 11) is 0. The Balaban J connectivity index is 4.92. The van der Waals surface area contributed by atoms with E-state index in [4.69, 9.17) is 11.5 Å². The molecule has 8 N–H and O–H groups in total. The number of rotatable bonds is 14. The van der Waals surface area contributed by atoms with Gasteiger partial charge in [0.2, 0.25) is 23.6 Å². The summed E-state index contributed by atoms with van der Waals surface area (Å²) in [6.45, 7) is 6.66. The van der Waals surface area contributed by atoms with Gasteiger partial charge in [-0.15, -0.1) is 0 Å². The van der Waals surface area contributed by atoms with E-state index in [2.05, 4.69) is 16.0 Å². The van der Waals surface area contributed by atoms with Crippen molar-refractivity contribution in [2.24, 2.45) is 23.3 Å². The van der Waals surface area contributed by atoms with Crippen molar-refractivity contribution in [3.8, 4) is 0 Å². The van der Waals surface area contributed by atoms with Crippen molar-refractivity contribution in [3.05, 3.63) is 0 Å². The summed E-state index contributed by atoms with van der Waals surface area (Å²) in [5, 5.41) is 16.6. The maximum absolute atomic E-state index is 12.5. The molecule has 0 saturated heterocycles. The van der Waals surface area contributed by atoms with Gasteiger partial charge in [-0.2, -0.15) is 0 Å². The summed E-state index contributed by atoms with van der Waals surface area (Å²) in [4.78, 5) is 59.0. The van der Waals surface area contributed by atoms with Crippen LogP contribution in [-0.4, -0.2) is 59.4 Å². The number of carboxylic acids is 1. The molecule has 0 saturated carbocycles. The molecule has 0 spiro atoms. The first kappa shape index (κ1) is 27.3. The van der Waals surface area contributed by atoms with Gasteiger partial charge in [0.05, 0.1) is 12.6 Å². The van der Waals surface area contributed by atoms with Crippen molar-refractivity contribution in [2.45, 2.75) is 71.5 Å². The minimum Gasteiger partial charge on any atom is -0.480 e. The molecule has 0 aliphatic rings. The van der Waals surface area contributed by atoms with E-state index in [1.54, 1.807) is 13.8 Å². The molecule has 172 valence electrons. The summed E-state index contributed by atoms with van der Waals surface area (Å²) in [5.74, 6) is -4.13. The Kier molecular flexibility index (Phi) is 12.3. The third-order valence-corrected chi connectivity index (χ3v) is 5.05. The maximum atomic E-state index is 12.5. The molecule has 0 radical (unpaired) electrons. The number of primary amides is 1. The summed E-state index contributed by atoms with van der Waals surface area (Å²) in [5.41, 5.74) is 10.8. The van der Waals surface area contributed by atoms with E-state index >= 15 is 0 Å². The number of carbonyl (C=O) groups is 5. The molecule has 4 amide bonds. The maximum Gasteiger partial charge on any atom is 0.326 e. The molecule has 0 bridgehead atoms. The molecular weight excluding hydrogens is 394 g/mol. The number of nitrogens with two attached hydrogens (primary N) is 2. The third kappa shape index (κ3) is 9.68. The van der Waals surface area contributed by atoms with Crippen molar-refractivity contribution in [2.75, 3.05) is 6.54 Å². The fraction of sp³-hybridized carbons (Fsp3) is 0.737. The lowest BCUT2D eigenvalue weighted by molar-refractivity contribution is -0.143. The number of hydrogen-bond donors (Lipinski definition) is 6. The molecule has 0 fully saturated rings. The SMILES string of the molecule is CC[C@H](C)[C@H](NC(=O)CNC(=O)[C@@H](NC(=O)[C@@H](N)CCC(N)=O)[C@@H](C)CC)C(=O)O. The van der Waals surface area contributed by atoms with E-state index in [-0.39, 0.29) is 24.7 Å². The zero-order chi connectivity index (χ0) is 23.4. The first-order valence-electron chi connectivity index (χ1n) is 10.1. The minimum atomic E-state index is -1.15.